The number of hydrogen-bond acceptors (Lipinski definition) is 6. The first kappa shape index (κ1) is 16.1. The number of aromatic nitrogens is 1. The number of esters is 1. The van der Waals surface area contributed by atoms with Gasteiger partial charge in [0, 0.05) is 7.11 Å². The summed E-state index contributed by atoms with van der Waals surface area (Å²) in [7, 11) is 1.52. The van der Waals surface area contributed by atoms with Crippen molar-refractivity contribution in [3.8, 4) is 0 Å². The molecule has 0 amide bonds. The van der Waals surface area contributed by atoms with Gasteiger partial charge in [0.15, 0.2) is 0 Å². The summed E-state index contributed by atoms with van der Waals surface area (Å²) in [6.45, 7) is 4.01. The predicted octanol–water partition coefficient (Wildman–Crippen LogP) is 2.76. The number of hydrogen-bond donors (Lipinski definition) is 0. The summed E-state index contributed by atoms with van der Waals surface area (Å²) >= 11 is 0. The Hall–Kier alpha value is -2.73. The molecule has 2 heterocycles. The molecular formula is C18H17NO5. The van der Waals surface area contributed by atoms with Crippen LogP contribution in [0, 0.1) is 13.8 Å². The Bertz CT molecular complexity index is 990. The van der Waals surface area contributed by atoms with Crippen LogP contribution in [0.4, 0.5) is 0 Å². The lowest BCUT2D eigenvalue weighted by Gasteiger charge is -2.08. The lowest BCUT2D eigenvalue weighted by Crippen LogP contribution is -2.13. The third-order valence-electron chi connectivity index (χ3n) is 3.75. The van der Waals surface area contributed by atoms with Gasteiger partial charge in [-0.15, -0.1) is 0 Å². The molecule has 0 aliphatic heterocycles. The maximum absolute atomic E-state index is 12.7. The summed E-state index contributed by atoms with van der Waals surface area (Å²) in [6.07, 6.45) is 0. The van der Waals surface area contributed by atoms with Crippen LogP contribution in [0.15, 0.2) is 33.5 Å². The minimum Gasteiger partial charge on any atom is -0.460 e. The van der Waals surface area contributed by atoms with Gasteiger partial charge in [-0.3, -0.25) is 4.79 Å². The molecule has 0 fully saturated rings. The van der Waals surface area contributed by atoms with E-state index < -0.39 is 5.97 Å². The molecule has 3 aromatic rings. The van der Waals surface area contributed by atoms with Gasteiger partial charge >= 0.3 is 5.97 Å². The summed E-state index contributed by atoms with van der Waals surface area (Å²) in [4.78, 5) is 29.1. The molecule has 0 aliphatic rings. The van der Waals surface area contributed by atoms with Gasteiger partial charge in [-0.2, -0.15) is 0 Å². The number of carbonyl (C=O) groups is 1. The van der Waals surface area contributed by atoms with E-state index in [-0.39, 0.29) is 28.7 Å². The van der Waals surface area contributed by atoms with Gasteiger partial charge in [-0.1, -0.05) is 11.6 Å². The van der Waals surface area contributed by atoms with Crippen LogP contribution in [-0.2, 0) is 9.47 Å². The summed E-state index contributed by atoms with van der Waals surface area (Å²) in [5.74, 6) is -0.539. The van der Waals surface area contributed by atoms with Crippen molar-refractivity contribution in [3.63, 3.8) is 0 Å². The second kappa shape index (κ2) is 6.41. The SMILES string of the molecule is COCCOC(=O)c1cc2c(=O)c3cc(C)ccc3oc2nc1C. The first-order valence-electron chi connectivity index (χ1n) is 7.52. The number of carbonyl (C=O) groups excluding carboxylic acids is 1. The van der Waals surface area contributed by atoms with E-state index in [0.29, 0.717) is 23.3 Å². The number of aryl methyl sites for hydroxylation is 2. The van der Waals surface area contributed by atoms with Crippen LogP contribution in [0.1, 0.15) is 21.6 Å². The highest BCUT2D eigenvalue weighted by Crippen LogP contribution is 2.21. The van der Waals surface area contributed by atoms with E-state index in [0.717, 1.165) is 5.56 Å². The van der Waals surface area contributed by atoms with Crippen molar-refractivity contribution in [1.82, 2.24) is 4.98 Å². The van der Waals surface area contributed by atoms with Gasteiger partial charge in [0.05, 0.1) is 28.6 Å². The highest BCUT2D eigenvalue weighted by atomic mass is 16.6. The van der Waals surface area contributed by atoms with Crippen LogP contribution < -0.4 is 5.43 Å². The molecule has 0 N–H and O–H groups in total. The van der Waals surface area contributed by atoms with Gasteiger partial charge in [-0.05, 0) is 32.0 Å². The molecular weight excluding hydrogens is 310 g/mol. The summed E-state index contributed by atoms with van der Waals surface area (Å²) < 4.78 is 15.7. The smallest absolute Gasteiger partial charge is 0.340 e. The molecule has 0 saturated heterocycles. The second-order valence-electron chi connectivity index (χ2n) is 5.53. The van der Waals surface area contributed by atoms with Crippen LogP contribution in [0.3, 0.4) is 0 Å². The van der Waals surface area contributed by atoms with Gasteiger partial charge in [0.25, 0.3) is 0 Å². The van der Waals surface area contributed by atoms with E-state index in [1.807, 2.05) is 13.0 Å². The molecule has 124 valence electrons. The Balaban J connectivity index is 2.15. The minimum absolute atomic E-state index is 0.137. The quantitative estimate of drug-likeness (QED) is 0.416. The fourth-order valence-electron chi connectivity index (χ4n) is 2.49. The van der Waals surface area contributed by atoms with Gasteiger partial charge in [0.2, 0.25) is 11.1 Å². The van der Waals surface area contributed by atoms with Crippen LogP contribution in [0.25, 0.3) is 22.1 Å². The molecule has 6 heteroatoms. The van der Waals surface area contributed by atoms with E-state index in [2.05, 4.69) is 4.98 Å². The van der Waals surface area contributed by atoms with E-state index in [9.17, 15) is 9.59 Å². The molecule has 0 radical (unpaired) electrons. The van der Waals surface area contributed by atoms with E-state index in [1.165, 1.54) is 13.2 Å². The molecule has 0 aliphatic carbocycles. The minimum atomic E-state index is -0.539. The zero-order chi connectivity index (χ0) is 17.3. The number of benzene rings is 1. The maximum Gasteiger partial charge on any atom is 0.340 e. The largest absolute Gasteiger partial charge is 0.460 e. The first-order chi connectivity index (χ1) is 11.5. The average molecular weight is 327 g/mol. The number of methoxy groups -OCH3 is 1. The standard InChI is InChI=1S/C18H17NO5/c1-10-4-5-15-13(8-10)16(20)14-9-12(11(2)19-17(14)24-15)18(21)23-7-6-22-3/h4-5,8-9H,6-7H2,1-3H3. The number of fused-ring (bicyclic) bond motifs is 2. The molecule has 3 rings (SSSR count). The molecule has 0 bridgehead atoms. The lowest BCUT2D eigenvalue weighted by atomic mass is 10.1. The number of rotatable bonds is 4. The van der Waals surface area contributed by atoms with Crippen molar-refractivity contribution in [1.29, 1.82) is 0 Å². The van der Waals surface area contributed by atoms with Gasteiger partial charge in [0.1, 0.15) is 12.2 Å². The van der Waals surface area contributed by atoms with Crippen LogP contribution in [0.5, 0.6) is 0 Å². The molecule has 0 spiro atoms. The fourth-order valence-corrected chi connectivity index (χ4v) is 2.49. The monoisotopic (exact) mass is 327 g/mol. The Labute approximate surface area is 138 Å². The van der Waals surface area contributed by atoms with Gasteiger partial charge < -0.3 is 13.9 Å². The molecule has 0 atom stereocenters. The van der Waals surface area contributed by atoms with Crippen LogP contribution in [-0.4, -0.2) is 31.3 Å². The van der Waals surface area contributed by atoms with E-state index in [4.69, 9.17) is 13.9 Å². The molecule has 1 aromatic carbocycles. The third-order valence-corrected chi connectivity index (χ3v) is 3.75. The van der Waals surface area contributed by atoms with Crippen molar-refractivity contribution < 1.29 is 18.7 Å². The van der Waals surface area contributed by atoms with Crippen molar-refractivity contribution in [2.45, 2.75) is 13.8 Å². The van der Waals surface area contributed by atoms with E-state index >= 15 is 0 Å². The molecule has 6 nitrogen and oxygen atoms in total. The number of nitrogens with zero attached hydrogens (tertiary/aromatic N) is 1. The normalized spacial score (nSPS) is 11.1. The second-order valence-corrected chi connectivity index (χ2v) is 5.53. The summed E-state index contributed by atoms with van der Waals surface area (Å²) in [6, 6.07) is 6.86. The van der Waals surface area contributed by atoms with Crippen molar-refractivity contribution >= 4 is 28.0 Å². The number of ether oxygens (including phenoxy) is 2. The van der Waals surface area contributed by atoms with E-state index in [1.54, 1.807) is 19.1 Å². The Morgan fingerprint density at radius 3 is 2.71 bits per heavy atom. The molecule has 0 saturated carbocycles. The third kappa shape index (κ3) is 2.88. The van der Waals surface area contributed by atoms with Crippen molar-refractivity contribution in [2.75, 3.05) is 20.3 Å². The molecule has 24 heavy (non-hydrogen) atoms. The highest BCUT2D eigenvalue weighted by Gasteiger charge is 2.17. The van der Waals surface area contributed by atoms with Gasteiger partial charge in [-0.25, -0.2) is 9.78 Å². The number of pyridine rings is 1. The Kier molecular flexibility index (Phi) is 4.31. The molecule has 2 aromatic heterocycles. The zero-order valence-corrected chi connectivity index (χ0v) is 13.7. The maximum atomic E-state index is 12.7. The summed E-state index contributed by atoms with van der Waals surface area (Å²) in [5.41, 5.74) is 2.11. The van der Waals surface area contributed by atoms with Crippen molar-refractivity contribution in [3.05, 3.63) is 51.3 Å². The van der Waals surface area contributed by atoms with Crippen LogP contribution >= 0.6 is 0 Å². The average Bonchev–Trinajstić information content (AvgIpc) is 2.55. The topological polar surface area (TPSA) is 78.6 Å². The zero-order valence-electron chi connectivity index (χ0n) is 13.7. The lowest BCUT2D eigenvalue weighted by molar-refractivity contribution is 0.0387. The Morgan fingerprint density at radius 1 is 1.17 bits per heavy atom. The fraction of sp³-hybridized carbons (Fsp3) is 0.278. The predicted molar refractivity (Wildman–Crippen MR) is 89.4 cm³/mol. The highest BCUT2D eigenvalue weighted by molar-refractivity contribution is 5.96. The summed E-state index contributed by atoms with van der Waals surface area (Å²) in [5, 5.41) is 0.726. The molecule has 0 unspecified atom stereocenters. The van der Waals surface area contributed by atoms with Crippen LogP contribution in [0.2, 0.25) is 0 Å². The first-order valence-corrected chi connectivity index (χ1v) is 7.52. The Morgan fingerprint density at radius 2 is 1.96 bits per heavy atom. The van der Waals surface area contributed by atoms with Crippen molar-refractivity contribution in [2.24, 2.45) is 0 Å².